The van der Waals surface area contributed by atoms with Crippen LogP contribution in [0.4, 0.5) is 0 Å². The number of ketones is 1. The third-order valence-corrected chi connectivity index (χ3v) is 4.55. The lowest BCUT2D eigenvalue weighted by Crippen LogP contribution is -2.03. The van der Waals surface area contributed by atoms with Crippen molar-refractivity contribution < 1.29 is 15.0 Å². The van der Waals surface area contributed by atoms with Crippen LogP contribution in [0, 0.1) is 0 Å². The number of carbonyl (C=O) groups excluding carboxylic acids is 1. The molecular formula is C22H18N2O3. The van der Waals surface area contributed by atoms with Gasteiger partial charge in [0.05, 0.1) is 17.6 Å². The van der Waals surface area contributed by atoms with Crippen molar-refractivity contribution in [1.29, 1.82) is 0 Å². The molecule has 0 spiro atoms. The summed E-state index contributed by atoms with van der Waals surface area (Å²) in [5.41, 5.74) is 5.89. The Morgan fingerprint density at radius 2 is 1.67 bits per heavy atom. The van der Waals surface area contributed by atoms with Gasteiger partial charge in [0, 0.05) is 11.1 Å². The topological polar surface area (TPSA) is 86.2 Å². The molecule has 1 aromatic heterocycles. The number of Topliss-reactive ketones (excluding diaryl/α,β-unsaturated/α-hetero) is 1. The maximum absolute atomic E-state index is 11.7. The number of carbonyl (C=O) groups is 1. The van der Waals surface area contributed by atoms with E-state index in [9.17, 15) is 9.90 Å². The van der Waals surface area contributed by atoms with E-state index in [4.69, 9.17) is 5.11 Å². The summed E-state index contributed by atoms with van der Waals surface area (Å²) >= 11 is 0. The number of aromatic nitrogens is 2. The highest BCUT2D eigenvalue weighted by molar-refractivity contribution is 5.99. The number of benzene rings is 3. The summed E-state index contributed by atoms with van der Waals surface area (Å²) in [6.45, 7) is -0.489. The van der Waals surface area contributed by atoms with Crippen LogP contribution in [0.1, 0.15) is 15.9 Å². The molecule has 0 unspecified atom stereocenters. The van der Waals surface area contributed by atoms with E-state index >= 15 is 0 Å². The highest BCUT2D eigenvalue weighted by Crippen LogP contribution is 2.26. The van der Waals surface area contributed by atoms with Crippen molar-refractivity contribution >= 4 is 16.8 Å². The molecule has 5 heteroatoms. The number of aromatic amines is 1. The third-order valence-electron chi connectivity index (χ3n) is 4.55. The summed E-state index contributed by atoms with van der Waals surface area (Å²) in [7, 11) is 0. The number of H-pyrrole nitrogens is 1. The van der Waals surface area contributed by atoms with Crippen LogP contribution in [-0.2, 0) is 6.61 Å². The number of rotatable bonds is 5. The van der Waals surface area contributed by atoms with Crippen LogP contribution in [-0.4, -0.2) is 32.6 Å². The van der Waals surface area contributed by atoms with E-state index in [0.717, 1.165) is 33.3 Å². The fourth-order valence-corrected chi connectivity index (χ4v) is 3.08. The van der Waals surface area contributed by atoms with Crippen molar-refractivity contribution in [3.63, 3.8) is 0 Å². The molecule has 4 rings (SSSR count). The molecule has 0 aliphatic carbocycles. The highest BCUT2D eigenvalue weighted by Gasteiger charge is 2.10. The van der Waals surface area contributed by atoms with E-state index in [1.807, 2.05) is 48.5 Å². The monoisotopic (exact) mass is 358 g/mol. The van der Waals surface area contributed by atoms with E-state index < -0.39 is 6.61 Å². The van der Waals surface area contributed by atoms with E-state index in [2.05, 4.69) is 9.97 Å². The lowest BCUT2D eigenvalue weighted by atomic mass is 10.0. The zero-order chi connectivity index (χ0) is 18.8. The molecule has 0 amide bonds. The van der Waals surface area contributed by atoms with Gasteiger partial charge in [-0.2, -0.15) is 0 Å². The first kappa shape index (κ1) is 17.1. The molecule has 0 aliphatic heterocycles. The zero-order valence-corrected chi connectivity index (χ0v) is 14.5. The van der Waals surface area contributed by atoms with Crippen LogP contribution in [0.25, 0.3) is 33.5 Å². The van der Waals surface area contributed by atoms with Gasteiger partial charge in [0.15, 0.2) is 5.78 Å². The molecule has 0 fully saturated rings. The Morgan fingerprint density at radius 1 is 0.889 bits per heavy atom. The van der Waals surface area contributed by atoms with Gasteiger partial charge in [-0.05, 0) is 41.0 Å². The standard InChI is InChI=1S/C22H18N2O3/c25-12-14-2-1-3-17(10-14)15-4-6-16(7-5-15)22-23-19-9-8-18(21(27)13-26)11-20(19)24-22/h1-11,25-26H,12-13H2,(H,23,24). The van der Waals surface area contributed by atoms with E-state index in [0.29, 0.717) is 11.4 Å². The maximum Gasteiger partial charge on any atom is 0.188 e. The van der Waals surface area contributed by atoms with Crippen LogP contribution in [0.2, 0.25) is 0 Å². The number of hydrogen-bond donors (Lipinski definition) is 3. The minimum absolute atomic E-state index is 0.0195. The molecular weight excluding hydrogens is 340 g/mol. The van der Waals surface area contributed by atoms with Crippen molar-refractivity contribution in [2.45, 2.75) is 6.61 Å². The Hall–Kier alpha value is -3.28. The molecule has 5 nitrogen and oxygen atoms in total. The van der Waals surface area contributed by atoms with Gasteiger partial charge in [-0.15, -0.1) is 0 Å². The second-order valence-electron chi connectivity index (χ2n) is 6.33. The minimum atomic E-state index is -0.508. The average molecular weight is 358 g/mol. The van der Waals surface area contributed by atoms with Gasteiger partial charge in [-0.3, -0.25) is 4.79 Å². The van der Waals surface area contributed by atoms with Gasteiger partial charge in [0.2, 0.25) is 0 Å². The third kappa shape index (κ3) is 3.38. The Morgan fingerprint density at radius 3 is 2.41 bits per heavy atom. The van der Waals surface area contributed by atoms with Gasteiger partial charge in [-0.25, -0.2) is 4.98 Å². The number of fused-ring (bicyclic) bond motifs is 1. The van der Waals surface area contributed by atoms with E-state index in [-0.39, 0.29) is 12.4 Å². The molecule has 0 atom stereocenters. The largest absolute Gasteiger partial charge is 0.392 e. The van der Waals surface area contributed by atoms with Crippen molar-refractivity contribution in [3.8, 4) is 22.5 Å². The minimum Gasteiger partial charge on any atom is -0.392 e. The molecule has 0 aliphatic rings. The van der Waals surface area contributed by atoms with Crippen LogP contribution in [0.3, 0.4) is 0 Å². The van der Waals surface area contributed by atoms with Gasteiger partial charge in [0.1, 0.15) is 12.4 Å². The fraction of sp³-hybridized carbons (Fsp3) is 0.0909. The molecule has 1 heterocycles. The second-order valence-corrected chi connectivity index (χ2v) is 6.33. The van der Waals surface area contributed by atoms with Crippen molar-refractivity contribution in [2.24, 2.45) is 0 Å². The quantitative estimate of drug-likeness (QED) is 0.476. The van der Waals surface area contributed by atoms with Crippen LogP contribution < -0.4 is 0 Å². The average Bonchev–Trinajstić information content (AvgIpc) is 3.16. The van der Waals surface area contributed by atoms with Crippen molar-refractivity contribution in [2.75, 3.05) is 6.61 Å². The highest BCUT2D eigenvalue weighted by atomic mass is 16.3. The molecule has 0 saturated heterocycles. The number of hydrogen-bond acceptors (Lipinski definition) is 4. The number of nitrogens with one attached hydrogen (secondary N) is 1. The number of nitrogens with zero attached hydrogens (tertiary/aromatic N) is 1. The summed E-state index contributed by atoms with van der Waals surface area (Å²) in [6, 6.07) is 20.9. The Kier molecular flexibility index (Phi) is 4.54. The van der Waals surface area contributed by atoms with E-state index in [1.165, 1.54) is 0 Å². The van der Waals surface area contributed by atoms with Gasteiger partial charge >= 0.3 is 0 Å². The SMILES string of the molecule is O=C(CO)c1ccc2nc(-c3ccc(-c4cccc(CO)c4)cc3)[nH]c2c1. The van der Waals surface area contributed by atoms with Gasteiger partial charge in [-0.1, -0.05) is 42.5 Å². The second kappa shape index (κ2) is 7.15. The molecule has 3 aromatic carbocycles. The summed E-state index contributed by atoms with van der Waals surface area (Å²) in [5.74, 6) is 0.400. The van der Waals surface area contributed by atoms with E-state index in [1.54, 1.807) is 18.2 Å². The van der Waals surface area contributed by atoms with Crippen molar-refractivity contribution in [3.05, 3.63) is 77.9 Å². The first-order valence-electron chi connectivity index (χ1n) is 8.62. The molecule has 0 radical (unpaired) electrons. The molecule has 4 aromatic rings. The zero-order valence-electron chi connectivity index (χ0n) is 14.5. The molecule has 0 saturated carbocycles. The molecule has 0 bridgehead atoms. The van der Waals surface area contributed by atoms with Crippen LogP contribution in [0.5, 0.6) is 0 Å². The molecule has 134 valence electrons. The lowest BCUT2D eigenvalue weighted by molar-refractivity contribution is 0.0904. The van der Waals surface area contributed by atoms with Crippen molar-refractivity contribution in [1.82, 2.24) is 9.97 Å². The Bertz CT molecular complexity index is 1110. The first-order valence-corrected chi connectivity index (χ1v) is 8.62. The molecule has 3 N–H and O–H groups in total. The number of imidazole rings is 1. The predicted molar refractivity (Wildman–Crippen MR) is 104 cm³/mol. The lowest BCUT2D eigenvalue weighted by Gasteiger charge is -2.05. The Balaban J connectivity index is 1.66. The summed E-state index contributed by atoms with van der Waals surface area (Å²) < 4.78 is 0. The van der Waals surface area contributed by atoms with Crippen LogP contribution in [0.15, 0.2) is 66.7 Å². The summed E-state index contributed by atoms with van der Waals surface area (Å²) in [5, 5.41) is 18.3. The summed E-state index contributed by atoms with van der Waals surface area (Å²) in [6.07, 6.45) is 0. The first-order chi connectivity index (χ1) is 13.2. The number of aliphatic hydroxyl groups excluding tert-OH is 2. The van der Waals surface area contributed by atoms with Gasteiger partial charge < -0.3 is 15.2 Å². The fourth-order valence-electron chi connectivity index (χ4n) is 3.08. The van der Waals surface area contributed by atoms with Crippen LogP contribution >= 0.6 is 0 Å². The summed E-state index contributed by atoms with van der Waals surface area (Å²) in [4.78, 5) is 19.5. The normalized spacial score (nSPS) is 11.0. The molecule has 27 heavy (non-hydrogen) atoms. The van der Waals surface area contributed by atoms with Gasteiger partial charge in [0.25, 0.3) is 0 Å². The Labute approximate surface area is 156 Å². The predicted octanol–water partition coefficient (Wildman–Crippen LogP) is 3.56. The smallest absolute Gasteiger partial charge is 0.188 e. The maximum atomic E-state index is 11.7. The number of aliphatic hydroxyl groups is 2.